The van der Waals surface area contributed by atoms with Crippen molar-refractivity contribution in [3.05, 3.63) is 48.0 Å². The minimum absolute atomic E-state index is 0.406. The molecule has 1 atom stereocenters. The first-order valence-electron chi connectivity index (χ1n) is 7.78. The van der Waals surface area contributed by atoms with E-state index >= 15 is 0 Å². The standard InChI is InChI=1S/C18H24N2/c1-15(19-11-14-20-12-4-5-13-20)17-10-6-8-16-7-2-3-9-18(16)17/h2-3,6-10,15,19H,4-5,11-14H2,1H3. The number of nitrogens with one attached hydrogen (secondary N) is 1. The topological polar surface area (TPSA) is 15.3 Å². The lowest BCUT2D eigenvalue weighted by Gasteiger charge is -2.19. The van der Waals surface area contributed by atoms with E-state index < -0.39 is 0 Å². The molecule has 0 radical (unpaired) electrons. The first kappa shape index (κ1) is 13.6. The van der Waals surface area contributed by atoms with E-state index in [9.17, 15) is 0 Å². The summed E-state index contributed by atoms with van der Waals surface area (Å²) in [6.45, 7) is 7.08. The molecule has 2 aromatic rings. The Labute approximate surface area is 121 Å². The minimum atomic E-state index is 0.406. The lowest BCUT2D eigenvalue weighted by molar-refractivity contribution is 0.330. The molecule has 3 rings (SSSR count). The van der Waals surface area contributed by atoms with Crippen molar-refractivity contribution < 1.29 is 0 Å². The maximum absolute atomic E-state index is 3.68. The highest BCUT2D eigenvalue weighted by molar-refractivity contribution is 5.86. The summed E-state index contributed by atoms with van der Waals surface area (Å²) in [4.78, 5) is 2.56. The zero-order valence-electron chi connectivity index (χ0n) is 12.3. The van der Waals surface area contributed by atoms with Gasteiger partial charge in [0.05, 0.1) is 0 Å². The molecule has 1 heterocycles. The lowest BCUT2D eigenvalue weighted by Crippen LogP contribution is -2.31. The molecule has 20 heavy (non-hydrogen) atoms. The molecule has 0 aromatic heterocycles. The van der Waals surface area contributed by atoms with Gasteiger partial charge in [-0.25, -0.2) is 0 Å². The van der Waals surface area contributed by atoms with Gasteiger partial charge in [0.1, 0.15) is 0 Å². The van der Waals surface area contributed by atoms with Gasteiger partial charge < -0.3 is 10.2 Å². The van der Waals surface area contributed by atoms with Gasteiger partial charge in [-0.15, -0.1) is 0 Å². The molecular weight excluding hydrogens is 244 g/mol. The Balaban J connectivity index is 1.64. The number of hydrogen-bond acceptors (Lipinski definition) is 2. The monoisotopic (exact) mass is 268 g/mol. The third kappa shape index (κ3) is 3.02. The first-order chi connectivity index (χ1) is 9.84. The van der Waals surface area contributed by atoms with Crippen LogP contribution >= 0.6 is 0 Å². The van der Waals surface area contributed by atoms with Gasteiger partial charge in [-0.2, -0.15) is 0 Å². The summed E-state index contributed by atoms with van der Waals surface area (Å²) in [6, 6.07) is 15.7. The molecule has 0 amide bonds. The molecule has 1 N–H and O–H groups in total. The van der Waals surface area contributed by atoms with Crippen LogP contribution in [0.5, 0.6) is 0 Å². The highest BCUT2D eigenvalue weighted by atomic mass is 15.2. The largest absolute Gasteiger partial charge is 0.309 e. The highest BCUT2D eigenvalue weighted by Gasteiger charge is 2.12. The fourth-order valence-electron chi connectivity index (χ4n) is 3.18. The number of hydrogen-bond donors (Lipinski definition) is 1. The van der Waals surface area contributed by atoms with E-state index in [1.54, 1.807) is 0 Å². The third-order valence-electron chi connectivity index (χ3n) is 4.37. The van der Waals surface area contributed by atoms with E-state index in [-0.39, 0.29) is 0 Å². The van der Waals surface area contributed by atoms with Crippen molar-refractivity contribution in [2.24, 2.45) is 0 Å². The molecule has 0 aliphatic carbocycles. The van der Waals surface area contributed by atoms with Crippen LogP contribution in [0, 0.1) is 0 Å². The third-order valence-corrected chi connectivity index (χ3v) is 4.37. The molecule has 2 nitrogen and oxygen atoms in total. The van der Waals surface area contributed by atoms with E-state index in [0.29, 0.717) is 6.04 Å². The molecule has 106 valence electrons. The fraction of sp³-hybridized carbons (Fsp3) is 0.444. The molecule has 1 fully saturated rings. The predicted molar refractivity (Wildman–Crippen MR) is 86.0 cm³/mol. The minimum Gasteiger partial charge on any atom is -0.309 e. The molecule has 2 heteroatoms. The van der Waals surface area contributed by atoms with Crippen molar-refractivity contribution >= 4 is 10.8 Å². The van der Waals surface area contributed by atoms with Crippen LogP contribution in [0.15, 0.2) is 42.5 Å². The normalized spacial score (nSPS) is 17.6. The van der Waals surface area contributed by atoms with Gasteiger partial charge in [0, 0.05) is 19.1 Å². The Morgan fingerprint density at radius 3 is 2.65 bits per heavy atom. The number of likely N-dealkylation sites (tertiary alicyclic amines) is 1. The van der Waals surface area contributed by atoms with Crippen LogP contribution in [0.4, 0.5) is 0 Å². The summed E-state index contributed by atoms with van der Waals surface area (Å²) in [5.41, 5.74) is 1.41. The molecule has 0 spiro atoms. The summed E-state index contributed by atoms with van der Waals surface area (Å²) in [6.07, 6.45) is 2.75. The average molecular weight is 268 g/mol. The molecule has 0 saturated carbocycles. The van der Waals surface area contributed by atoms with Crippen molar-refractivity contribution in [2.75, 3.05) is 26.2 Å². The SMILES string of the molecule is CC(NCCN1CCCC1)c1cccc2ccccc12. The Hall–Kier alpha value is -1.38. The molecule has 1 aliphatic heterocycles. The Morgan fingerprint density at radius 1 is 1.05 bits per heavy atom. The van der Waals surface area contributed by atoms with Crippen LogP contribution in [-0.4, -0.2) is 31.1 Å². The maximum atomic E-state index is 3.68. The number of rotatable bonds is 5. The molecular formula is C18H24N2. The maximum Gasteiger partial charge on any atom is 0.0298 e. The van der Waals surface area contributed by atoms with Gasteiger partial charge in [0.25, 0.3) is 0 Å². The fourth-order valence-corrected chi connectivity index (χ4v) is 3.18. The first-order valence-corrected chi connectivity index (χ1v) is 7.78. The predicted octanol–water partition coefficient (Wildman–Crippen LogP) is 3.59. The van der Waals surface area contributed by atoms with Crippen molar-refractivity contribution in [2.45, 2.75) is 25.8 Å². The smallest absolute Gasteiger partial charge is 0.0298 e. The van der Waals surface area contributed by atoms with Crippen molar-refractivity contribution in [3.8, 4) is 0 Å². The second-order valence-electron chi connectivity index (χ2n) is 5.79. The van der Waals surface area contributed by atoms with Crippen molar-refractivity contribution in [1.82, 2.24) is 10.2 Å². The molecule has 2 aromatic carbocycles. The van der Waals surface area contributed by atoms with Crippen LogP contribution in [-0.2, 0) is 0 Å². The van der Waals surface area contributed by atoms with Gasteiger partial charge >= 0.3 is 0 Å². The van der Waals surface area contributed by atoms with Gasteiger partial charge in [0.2, 0.25) is 0 Å². The second kappa shape index (κ2) is 6.38. The highest BCUT2D eigenvalue weighted by Crippen LogP contribution is 2.23. The molecule has 1 aliphatic rings. The van der Waals surface area contributed by atoms with Crippen LogP contribution in [0.2, 0.25) is 0 Å². The summed E-state index contributed by atoms with van der Waals surface area (Å²) in [5, 5.41) is 6.38. The Kier molecular flexibility index (Phi) is 4.34. The lowest BCUT2D eigenvalue weighted by atomic mass is 10.00. The van der Waals surface area contributed by atoms with E-state index in [1.807, 2.05) is 0 Å². The Bertz CT molecular complexity index is 553. The van der Waals surface area contributed by atoms with Crippen molar-refractivity contribution in [3.63, 3.8) is 0 Å². The van der Waals surface area contributed by atoms with Gasteiger partial charge in [-0.1, -0.05) is 42.5 Å². The van der Waals surface area contributed by atoms with E-state index in [1.165, 1.54) is 48.8 Å². The van der Waals surface area contributed by atoms with Crippen LogP contribution in [0.1, 0.15) is 31.4 Å². The number of benzene rings is 2. The Morgan fingerprint density at radius 2 is 1.80 bits per heavy atom. The second-order valence-corrected chi connectivity index (χ2v) is 5.79. The summed E-state index contributed by atoms with van der Waals surface area (Å²) >= 11 is 0. The van der Waals surface area contributed by atoms with Gasteiger partial charge in [-0.05, 0) is 49.2 Å². The zero-order chi connectivity index (χ0) is 13.8. The van der Waals surface area contributed by atoms with Crippen LogP contribution in [0.25, 0.3) is 10.8 Å². The molecule has 1 unspecified atom stereocenters. The van der Waals surface area contributed by atoms with Crippen molar-refractivity contribution in [1.29, 1.82) is 0 Å². The van der Waals surface area contributed by atoms with E-state index in [4.69, 9.17) is 0 Å². The van der Waals surface area contributed by atoms with Crippen LogP contribution < -0.4 is 5.32 Å². The molecule has 1 saturated heterocycles. The van der Waals surface area contributed by atoms with E-state index in [0.717, 1.165) is 6.54 Å². The average Bonchev–Trinajstić information content (AvgIpc) is 3.00. The quantitative estimate of drug-likeness (QED) is 0.891. The van der Waals surface area contributed by atoms with Gasteiger partial charge in [-0.3, -0.25) is 0 Å². The number of fused-ring (bicyclic) bond motifs is 1. The summed E-state index contributed by atoms with van der Waals surface area (Å²) in [5.74, 6) is 0. The van der Waals surface area contributed by atoms with Gasteiger partial charge in [0.15, 0.2) is 0 Å². The molecule has 0 bridgehead atoms. The zero-order valence-corrected chi connectivity index (χ0v) is 12.3. The van der Waals surface area contributed by atoms with E-state index in [2.05, 4.69) is 59.6 Å². The summed E-state index contributed by atoms with van der Waals surface area (Å²) in [7, 11) is 0. The number of nitrogens with zero attached hydrogens (tertiary/aromatic N) is 1. The summed E-state index contributed by atoms with van der Waals surface area (Å²) < 4.78 is 0. The van der Waals surface area contributed by atoms with Crippen LogP contribution in [0.3, 0.4) is 0 Å².